The van der Waals surface area contributed by atoms with Crippen LogP contribution in [0, 0.1) is 12.7 Å². The van der Waals surface area contributed by atoms with E-state index in [1.807, 2.05) is 6.92 Å². The Hall–Kier alpha value is -1.50. The molecule has 0 aliphatic rings. The van der Waals surface area contributed by atoms with Gasteiger partial charge in [0.05, 0.1) is 10.7 Å². The Labute approximate surface area is 124 Å². The van der Waals surface area contributed by atoms with Crippen molar-refractivity contribution < 1.29 is 14.3 Å². The summed E-state index contributed by atoms with van der Waals surface area (Å²) >= 11 is 7.06. The van der Waals surface area contributed by atoms with Crippen molar-refractivity contribution in [2.24, 2.45) is 0 Å². The largest absolute Gasteiger partial charge is 0.387 e. The first-order valence-electron chi connectivity index (χ1n) is 5.80. The van der Waals surface area contributed by atoms with Gasteiger partial charge in [-0.25, -0.2) is 9.37 Å². The topological polar surface area (TPSA) is 62.2 Å². The number of rotatable bonds is 4. The molecule has 2 aromatic rings. The molecule has 1 amide bonds. The molecule has 0 atom stereocenters. The van der Waals surface area contributed by atoms with Crippen molar-refractivity contribution in [1.82, 2.24) is 4.98 Å². The minimum Gasteiger partial charge on any atom is -0.387 e. The number of hydrogen-bond donors (Lipinski definition) is 2. The van der Waals surface area contributed by atoms with Gasteiger partial charge in [0.2, 0.25) is 0 Å². The first-order chi connectivity index (χ1) is 9.49. The number of nitrogens with zero attached hydrogens (tertiary/aromatic N) is 1. The number of aryl methyl sites for hydroxylation is 1. The molecule has 0 fully saturated rings. The zero-order valence-corrected chi connectivity index (χ0v) is 12.2. The number of halogens is 2. The number of benzene rings is 1. The van der Waals surface area contributed by atoms with Crippen molar-refractivity contribution in [3.05, 3.63) is 45.2 Å². The third kappa shape index (κ3) is 3.53. The predicted molar refractivity (Wildman–Crippen MR) is 76.8 cm³/mol. The van der Waals surface area contributed by atoms with E-state index in [1.54, 1.807) is 12.1 Å². The third-order valence-corrected chi connectivity index (χ3v) is 3.99. The van der Waals surface area contributed by atoms with Crippen LogP contribution in [0.15, 0.2) is 18.2 Å². The van der Waals surface area contributed by atoms with Gasteiger partial charge in [0.25, 0.3) is 5.91 Å². The number of nitrogens with one attached hydrogen (secondary N) is 1. The third-order valence-electron chi connectivity index (χ3n) is 2.63. The Balaban J connectivity index is 2.16. The minimum absolute atomic E-state index is 0.0819. The zero-order chi connectivity index (χ0) is 14.7. The average molecular weight is 315 g/mol. The lowest BCUT2D eigenvalue weighted by atomic mass is 10.1. The lowest BCUT2D eigenvalue weighted by molar-refractivity contribution is -0.118. The Morgan fingerprint density at radius 2 is 2.30 bits per heavy atom. The fourth-order valence-corrected chi connectivity index (χ4v) is 2.86. The van der Waals surface area contributed by atoms with Crippen LogP contribution in [0.2, 0.25) is 5.02 Å². The molecular weight excluding hydrogens is 303 g/mol. The van der Waals surface area contributed by atoms with Crippen LogP contribution in [0.3, 0.4) is 0 Å². The van der Waals surface area contributed by atoms with E-state index >= 15 is 0 Å². The molecule has 4 nitrogen and oxygen atoms in total. The lowest BCUT2D eigenvalue weighted by Crippen LogP contribution is -2.15. The minimum atomic E-state index is -0.582. The summed E-state index contributed by atoms with van der Waals surface area (Å²) in [4.78, 5) is 16.2. The van der Waals surface area contributed by atoms with Crippen LogP contribution in [-0.2, 0) is 11.2 Å². The monoisotopic (exact) mass is 314 g/mol. The van der Waals surface area contributed by atoms with Gasteiger partial charge in [0.15, 0.2) is 5.13 Å². The summed E-state index contributed by atoms with van der Waals surface area (Å²) in [7, 11) is 0. The SMILES string of the molecule is Cc1nc(NC(=O)CO)sc1Cc1ccc(F)c(Cl)c1. The van der Waals surface area contributed by atoms with E-state index in [2.05, 4.69) is 10.3 Å². The van der Waals surface area contributed by atoms with E-state index in [1.165, 1.54) is 17.4 Å². The number of hydrogen-bond acceptors (Lipinski definition) is 4. The molecule has 0 aliphatic heterocycles. The summed E-state index contributed by atoms with van der Waals surface area (Å²) in [6.45, 7) is 1.24. The smallest absolute Gasteiger partial charge is 0.251 e. The van der Waals surface area contributed by atoms with Crippen molar-refractivity contribution >= 4 is 34.0 Å². The van der Waals surface area contributed by atoms with E-state index in [9.17, 15) is 9.18 Å². The number of carbonyl (C=O) groups excluding carboxylic acids is 1. The standard InChI is InChI=1S/C13H12ClFN2O2S/c1-7-11(20-13(16-7)17-12(19)6-18)5-8-2-3-10(15)9(14)4-8/h2-4,18H,5-6H2,1H3,(H,16,17,19). The molecule has 0 aliphatic carbocycles. The van der Waals surface area contributed by atoms with Gasteiger partial charge in [0.1, 0.15) is 12.4 Å². The second-order valence-corrected chi connectivity index (χ2v) is 5.65. The Morgan fingerprint density at radius 1 is 1.55 bits per heavy atom. The average Bonchev–Trinajstić information content (AvgIpc) is 2.74. The highest BCUT2D eigenvalue weighted by Crippen LogP contribution is 2.26. The molecule has 0 saturated carbocycles. The van der Waals surface area contributed by atoms with Crippen LogP contribution in [0.1, 0.15) is 16.1 Å². The molecule has 7 heteroatoms. The number of anilines is 1. The number of aliphatic hydroxyl groups is 1. The van der Waals surface area contributed by atoms with E-state index in [4.69, 9.17) is 16.7 Å². The number of thiazole rings is 1. The lowest BCUT2D eigenvalue weighted by Gasteiger charge is -2.01. The Morgan fingerprint density at radius 3 is 2.95 bits per heavy atom. The maximum absolute atomic E-state index is 13.1. The van der Waals surface area contributed by atoms with Crippen molar-refractivity contribution in [2.75, 3.05) is 11.9 Å². The molecule has 20 heavy (non-hydrogen) atoms. The van der Waals surface area contributed by atoms with Gasteiger partial charge < -0.3 is 5.11 Å². The molecule has 1 aromatic carbocycles. The molecule has 0 saturated heterocycles. The number of amides is 1. The molecule has 1 aromatic heterocycles. The highest BCUT2D eigenvalue weighted by atomic mass is 35.5. The summed E-state index contributed by atoms with van der Waals surface area (Å²) in [5.41, 5.74) is 1.65. The van der Waals surface area contributed by atoms with Crippen LogP contribution in [0.4, 0.5) is 9.52 Å². The number of aliphatic hydroxyl groups excluding tert-OH is 1. The second-order valence-electron chi connectivity index (χ2n) is 4.16. The molecule has 0 bridgehead atoms. The highest BCUT2D eigenvalue weighted by Gasteiger charge is 2.11. The predicted octanol–water partition coefficient (Wildman–Crippen LogP) is 2.77. The van der Waals surface area contributed by atoms with Crippen molar-refractivity contribution in [1.29, 1.82) is 0 Å². The van der Waals surface area contributed by atoms with Crippen LogP contribution >= 0.6 is 22.9 Å². The van der Waals surface area contributed by atoms with Crippen molar-refractivity contribution in [3.8, 4) is 0 Å². The molecule has 106 valence electrons. The number of aromatic nitrogens is 1. The van der Waals surface area contributed by atoms with Gasteiger partial charge in [-0.05, 0) is 24.6 Å². The van der Waals surface area contributed by atoms with E-state index in [-0.39, 0.29) is 5.02 Å². The van der Waals surface area contributed by atoms with Crippen LogP contribution in [0.5, 0.6) is 0 Å². The van der Waals surface area contributed by atoms with Gasteiger partial charge in [-0.15, -0.1) is 11.3 Å². The molecule has 1 heterocycles. The van der Waals surface area contributed by atoms with Gasteiger partial charge in [-0.1, -0.05) is 17.7 Å². The molecule has 0 spiro atoms. The maximum Gasteiger partial charge on any atom is 0.251 e. The molecule has 2 N–H and O–H groups in total. The van der Waals surface area contributed by atoms with E-state index < -0.39 is 18.3 Å². The summed E-state index contributed by atoms with van der Waals surface area (Å²) in [6.07, 6.45) is 0.554. The molecule has 0 unspecified atom stereocenters. The molecule has 2 rings (SSSR count). The normalized spacial score (nSPS) is 10.6. The second kappa shape index (κ2) is 6.30. The van der Waals surface area contributed by atoms with Crippen LogP contribution in [0.25, 0.3) is 0 Å². The van der Waals surface area contributed by atoms with Crippen molar-refractivity contribution in [2.45, 2.75) is 13.3 Å². The fourth-order valence-electron chi connectivity index (χ4n) is 1.64. The summed E-state index contributed by atoms with van der Waals surface area (Å²) in [5.74, 6) is -0.956. The summed E-state index contributed by atoms with van der Waals surface area (Å²) in [5, 5.41) is 11.7. The van der Waals surface area contributed by atoms with E-state index in [0.29, 0.717) is 11.6 Å². The van der Waals surface area contributed by atoms with Gasteiger partial charge in [0, 0.05) is 11.3 Å². The fraction of sp³-hybridized carbons (Fsp3) is 0.231. The quantitative estimate of drug-likeness (QED) is 0.912. The summed E-state index contributed by atoms with van der Waals surface area (Å²) in [6, 6.07) is 4.55. The maximum atomic E-state index is 13.1. The molecular formula is C13H12ClFN2O2S. The summed E-state index contributed by atoms with van der Waals surface area (Å²) < 4.78 is 13.1. The van der Waals surface area contributed by atoms with Crippen LogP contribution < -0.4 is 5.32 Å². The Kier molecular flexibility index (Phi) is 4.69. The Bertz CT molecular complexity index is 645. The van der Waals surface area contributed by atoms with Crippen molar-refractivity contribution in [3.63, 3.8) is 0 Å². The van der Waals surface area contributed by atoms with Crippen LogP contribution in [-0.4, -0.2) is 22.6 Å². The first-order valence-corrected chi connectivity index (χ1v) is 7.00. The van der Waals surface area contributed by atoms with Gasteiger partial charge in [-0.3, -0.25) is 10.1 Å². The van der Waals surface area contributed by atoms with Gasteiger partial charge >= 0.3 is 0 Å². The van der Waals surface area contributed by atoms with E-state index in [0.717, 1.165) is 16.1 Å². The highest BCUT2D eigenvalue weighted by molar-refractivity contribution is 7.15. The number of carbonyl (C=O) groups is 1. The zero-order valence-electron chi connectivity index (χ0n) is 10.6. The molecule has 0 radical (unpaired) electrons. The van der Waals surface area contributed by atoms with Gasteiger partial charge in [-0.2, -0.15) is 0 Å². The first kappa shape index (κ1) is 14.9.